The molecule has 1 aliphatic carbocycles. The molecule has 7 heteroatoms. The number of hydrogen-bond donors (Lipinski definition) is 3. The van der Waals surface area contributed by atoms with Gasteiger partial charge in [-0.1, -0.05) is 24.1 Å². The van der Waals surface area contributed by atoms with E-state index in [1.807, 2.05) is 6.07 Å². The number of H-pyrrole nitrogens is 1. The number of rotatable bonds is 2. The normalized spacial score (nSPS) is 20.8. The van der Waals surface area contributed by atoms with Gasteiger partial charge in [-0.2, -0.15) is 0 Å². The molecule has 1 atom stereocenters. The van der Waals surface area contributed by atoms with Gasteiger partial charge in [-0.15, -0.1) is 0 Å². The monoisotopic (exact) mass is 361 g/mol. The third-order valence-electron chi connectivity index (χ3n) is 5.34. The van der Waals surface area contributed by atoms with Crippen LogP contribution in [0.1, 0.15) is 37.7 Å². The molecule has 0 saturated heterocycles. The summed E-state index contributed by atoms with van der Waals surface area (Å²) in [6, 6.07) is 7.68. The van der Waals surface area contributed by atoms with Crippen molar-refractivity contribution in [1.29, 1.82) is 0 Å². The van der Waals surface area contributed by atoms with Crippen molar-refractivity contribution < 1.29 is 4.90 Å². The Bertz CT molecular complexity index is 899. The number of nitrogens with one attached hydrogen (secondary N) is 3. The van der Waals surface area contributed by atoms with Crippen LogP contribution in [0.15, 0.2) is 33.9 Å². The summed E-state index contributed by atoms with van der Waals surface area (Å²) in [6.45, 7) is 1.37. The quantitative estimate of drug-likeness (QED) is 0.754. The Hall–Kier alpha value is -2.05. The minimum Gasteiger partial charge on any atom is -0.324 e. The van der Waals surface area contributed by atoms with Gasteiger partial charge in [0, 0.05) is 5.02 Å². The van der Waals surface area contributed by atoms with Gasteiger partial charge in [0.2, 0.25) is 0 Å². The van der Waals surface area contributed by atoms with Crippen LogP contribution in [0.3, 0.4) is 0 Å². The highest BCUT2D eigenvalue weighted by Crippen LogP contribution is 2.21. The Labute approximate surface area is 150 Å². The minimum atomic E-state index is -0.445. The number of anilines is 1. The fraction of sp³-hybridized carbons (Fsp3) is 0.444. The molecule has 1 saturated carbocycles. The zero-order valence-electron chi connectivity index (χ0n) is 14.0. The highest BCUT2D eigenvalue weighted by Gasteiger charge is 2.31. The van der Waals surface area contributed by atoms with E-state index in [-0.39, 0.29) is 5.56 Å². The summed E-state index contributed by atoms with van der Waals surface area (Å²) >= 11 is 6.07. The van der Waals surface area contributed by atoms with Gasteiger partial charge >= 0.3 is 5.69 Å². The first-order valence-corrected chi connectivity index (χ1v) is 9.24. The first-order valence-electron chi connectivity index (χ1n) is 8.86. The van der Waals surface area contributed by atoms with Crippen molar-refractivity contribution in [2.75, 3.05) is 12.0 Å². The van der Waals surface area contributed by atoms with E-state index in [4.69, 9.17) is 11.6 Å². The summed E-state index contributed by atoms with van der Waals surface area (Å²) in [7, 11) is 0. The summed E-state index contributed by atoms with van der Waals surface area (Å²) in [6.07, 6.45) is 6.25. The molecule has 3 N–H and O–H groups in total. The van der Waals surface area contributed by atoms with Crippen molar-refractivity contribution in [1.82, 2.24) is 9.55 Å². The summed E-state index contributed by atoms with van der Waals surface area (Å²) in [5.41, 5.74) is 0.559. The van der Waals surface area contributed by atoms with Crippen LogP contribution in [-0.2, 0) is 6.54 Å². The molecule has 6 nitrogen and oxygen atoms in total. The highest BCUT2D eigenvalue weighted by molar-refractivity contribution is 6.30. The van der Waals surface area contributed by atoms with Crippen LogP contribution in [0.5, 0.6) is 0 Å². The molecule has 1 aliphatic heterocycles. The molecule has 1 aromatic carbocycles. The van der Waals surface area contributed by atoms with Gasteiger partial charge in [0.05, 0.1) is 11.7 Å². The second-order valence-electron chi connectivity index (χ2n) is 6.93. The first kappa shape index (κ1) is 16.4. The number of benzene rings is 1. The number of fused-ring (bicyclic) bond motifs is 1. The van der Waals surface area contributed by atoms with Crippen molar-refractivity contribution >= 4 is 17.4 Å². The van der Waals surface area contributed by atoms with Crippen LogP contribution < -0.4 is 21.5 Å². The third-order valence-corrected chi connectivity index (χ3v) is 5.58. The minimum absolute atomic E-state index is 0.293. The predicted octanol–water partition coefficient (Wildman–Crippen LogP) is 1.28. The Balaban J connectivity index is 1.75. The van der Waals surface area contributed by atoms with Gasteiger partial charge in [-0.05, 0) is 43.9 Å². The van der Waals surface area contributed by atoms with Gasteiger partial charge in [0.1, 0.15) is 17.9 Å². The molecule has 25 heavy (non-hydrogen) atoms. The molecule has 2 aromatic rings. The standard InChI is InChI=1S/C18H21ClN4O2/c19-12-5-4-8-14(9-12)23-16-15(17(24)21-18(23)25)10-22(11-20-16)13-6-2-1-3-7-13/h4-5,8-9,13,20H,1-3,6-7,10-11H2,(H,21,24,25)/p+1. The Morgan fingerprint density at radius 2 is 1.96 bits per heavy atom. The van der Waals surface area contributed by atoms with E-state index in [9.17, 15) is 9.59 Å². The Kier molecular flexibility index (Phi) is 4.39. The second-order valence-corrected chi connectivity index (χ2v) is 7.36. The number of aromatic amines is 1. The lowest BCUT2D eigenvalue weighted by Gasteiger charge is -2.35. The molecule has 0 amide bonds. The maximum absolute atomic E-state index is 12.4. The number of quaternary nitrogens is 1. The smallest absolute Gasteiger partial charge is 0.324 e. The SMILES string of the molecule is O=c1[nH]c(=O)n(-c2cccc(Cl)c2)c2c1C[NH+](C1CCCCC1)CN2. The third kappa shape index (κ3) is 3.12. The topological polar surface area (TPSA) is 71.3 Å². The molecule has 0 spiro atoms. The fourth-order valence-electron chi connectivity index (χ4n) is 4.07. The van der Waals surface area contributed by atoms with E-state index in [0.29, 0.717) is 34.7 Å². The average molecular weight is 362 g/mol. The van der Waals surface area contributed by atoms with E-state index in [1.165, 1.54) is 41.6 Å². The van der Waals surface area contributed by atoms with Crippen molar-refractivity contribution in [3.05, 3.63) is 55.7 Å². The maximum Gasteiger partial charge on any atom is 0.334 e. The molecule has 4 rings (SSSR count). The average Bonchev–Trinajstić information content (AvgIpc) is 2.62. The van der Waals surface area contributed by atoms with Crippen LogP contribution in [0.2, 0.25) is 5.02 Å². The van der Waals surface area contributed by atoms with E-state index in [0.717, 1.165) is 6.67 Å². The van der Waals surface area contributed by atoms with Crippen LogP contribution in [0.25, 0.3) is 5.69 Å². The lowest BCUT2D eigenvalue weighted by Crippen LogP contribution is -3.16. The van der Waals surface area contributed by atoms with Crippen molar-refractivity contribution in [3.8, 4) is 5.69 Å². The number of aromatic nitrogens is 2. The van der Waals surface area contributed by atoms with Gasteiger partial charge < -0.3 is 10.2 Å². The van der Waals surface area contributed by atoms with E-state index >= 15 is 0 Å². The summed E-state index contributed by atoms with van der Waals surface area (Å²) in [5.74, 6) is 0.593. The lowest BCUT2D eigenvalue weighted by atomic mass is 9.94. The largest absolute Gasteiger partial charge is 0.334 e. The molecule has 1 unspecified atom stereocenters. The number of halogens is 1. The summed E-state index contributed by atoms with van der Waals surface area (Å²) < 4.78 is 1.51. The lowest BCUT2D eigenvalue weighted by molar-refractivity contribution is -0.938. The van der Waals surface area contributed by atoms with Crippen molar-refractivity contribution in [2.24, 2.45) is 0 Å². The molecular weight excluding hydrogens is 340 g/mol. The molecule has 2 heterocycles. The van der Waals surface area contributed by atoms with Gasteiger partial charge in [-0.3, -0.25) is 9.78 Å². The predicted molar refractivity (Wildman–Crippen MR) is 97.7 cm³/mol. The van der Waals surface area contributed by atoms with Crippen LogP contribution >= 0.6 is 11.6 Å². The van der Waals surface area contributed by atoms with E-state index < -0.39 is 5.69 Å². The van der Waals surface area contributed by atoms with E-state index in [1.54, 1.807) is 18.2 Å². The van der Waals surface area contributed by atoms with Crippen molar-refractivity contribution in [3.63, 3.8) is 0 Å². The molecule has 0 radical (unpaired) electrons. The molecule has 1 fully saturated rings. The van der Waals surface area contributed by atoms with E-state index in [2.05, 4.69) is 10.3 Å². The Morgan fingerprint density at radius 3 is 2.72 bits per heavy atom. The van der Waals surface area contributed by atoms with Crippen LogP contribution in [0.4, 0.5) is 5.82 Å². The van der Waals surface area contributed by atoms with Crippen LogP contribution in [-0.4, -0.2) is 22.3 Å². The second kappa shape index (κ2) is 6.69. The number of nitrogens with zero attached hydrogens (tertiary/aromatic N) is 1. The zero-order chi connectivity index (χ0) is 17.4. The van der Waals surface area contributed by atoms with Crippen LogP contribution in [0, 0.1) is 0 Å². The van der Waals surface area contributed by atoms with Crippen molar-refractivity contribution in [2.45, 2.75) is 44.7 Å². The van der Waals surface area contributed by atoms with Gasteiger partial charge in [0.25, 0.3) is 5.56 Å². The molecular formula is C18H22ClN4O2+. The summed E-state index contributed by atoms with van der Waals surface area (Å²) in [5, 5.41) is 3.89. The fourth-order valence-corrected chi connectivity index (χ4v) is 4.25. The van der Waals surface area contributed by atoms with Gasteiger partial charge in [0.15, 0.2) is 6.67 Å². The molecule has 132 valence electrons. The maximum atomic E-state index is 12.4. The molecule has 0 bridgehead atoms. The number of hydrogen-bond acceptors (Lipinski definition) is 3. The van der Waals surface area contributed by atoms with Gasteiger partial charge in [-0.25, -0.2) is 9.36 Å². The zero-order valence-corrected chi connectivity index (χ0v) is 14.7. The molecule has 2 aliphatic rings. The molecule has 1 aromatic heterocycles. The Morgan fingerprint density at radius 1 is 1.16 bits per heavy atom. The first-order chi connectivity index (χ1) is 12.1. The highest BCUT2D eigenvalue weighted by atomic mass is 35.5. The summed E-state index contributed by atoms with van der Waals surface area (Å²) in [4.78, 5) is 28.7.